The molecule has 1 atom stereocenters. The van der Waals surface area contributed by atoms with Crippen molar-refractivity contribution in [2.24, 2.45) is 0 Å². The summed E-state index contributed by atoms with van der Waals surface area (Å²) in [5, 5.41) is 9.88. The van der Waals surface area contributed by atoms with E-state index in [0.29, 0.717) is 5.56 Å². The Morgan fingerprint density at radius 1 is 1.50 bits per heavy atom. The van der Waals surface area contributed by atoms with E-state index < -0.39 is 0 Å². The molecular formula is C13H17IN2O2. The van der Waals surface area contributed by atoms with Gasteiger partial charge in [-0.05, 0) is 31.4 Å². The zero-order valence-corrected chi connectivity index (χ0v) is 12.3. The van der Waals surface area contributed by atoms with Crippen LogP contribution in [0.5, 0.6) is 5.75 Å². The molecule has 0 aliphatic carbocycles. The molecule has 1 unspecified atom stereocenters. The summed E-state index contributed by atoms with van der Waals surface area (Å²) in [6.07, 6.45) is 3.24. The summed E-state index contributed by atoms with van der Waals surface area (Å²) in [6.45, 7) is 0.765. The van der Waals surface area contributed by atoms with Crippen molar-refractivity contribution in [1.29, 1.82) is 0 Å². The number of benzene rings is 1. The minimum atomic E-state index is -0.110. The van der Waals surface area contributed by atoms with Gasteiger partial charge in [0.25, 0.3) is 5.91 Å². The predicted molar refractivity (Wildman–Crippen MR) is 80.1 cm³/mol. The molecule has 1 fully saturated rings. The number of hydrogen-bond donors (Lipinski definition) is 2. The lowest BCUT2D eigenvalue weighted by Crippen LogP contribution is -2.44. The molecule has 1 aromatic carbocycles. The Labute approximate surface area is 120 Å². The van der Waals surface area contributed by atoms with E-state index in [2.05, 4.69) is 22.6 Å². The largest absolute Gasteiger partial charge is 0.505 e. The van der Waals surface area contributed by atoms with E-state index in [1.165, 1.54) is 6.42 Å². The van der Waals surface area contributed by atoms with Gasteiger partial charge in [-0.25, -0.2) is 0 Å². The molecule has 5 heteroatoms. The molecule has 0 saturated carbocycles. The third-order valence-electron chi connectivity index (χ3n) is 3.36. The number of amides is 1. The molecule has 1 aliphatic rings. The fourth-order valence-corrected chi connectivity index (χ4v) is 3.23. The Bertz CT molecular complexity index is 451. The average molecular weight is 360 g/mol. The minimum Gasteiger partial charge on any atom is -0.505 e. The van der Waals surface area contributed by atoms with E-state index in [1.807, 2.05) is 4.90 Å². The van der Waals surface area contributed by atoms with Crippen LogP contribution >= 0.6 is 22.6 Å². The molecule has 98 valence electrons. The van der Waals surface area contributed by atoms with Crippen molar-refractivity contribution < 1.29 is 9.90 Å². The number of alkyl halides is 1. The third-order valence-corrected chi connectivity index (χ3v) is 4.38. The van der Waals surface area contributed by atoms with Crippen molar-refractivity contribution in [1.82, 2.24) is 4.90 Å². The summed E-state index contributed by atoms with van der Waals surface area (Å²) in [4.78, 5) is 14.3. The van der Waals surface area contributed by atoms with Gasteiger partial charge >= 0.3 is 0 Å². The van der Waals surface area contributed by atoms with Gasteiger partial charge in [0.15, 0.2) is 5.75 Å². The molecule has 1 aromatic rings. The normalized spacial score (nSPS) is 19.8. The summed E-state index contributed by atoms with van der Waals surface area (Å²) in [5.74, 6) is -0.207. The van der Waals surface area contributed by atoms with Gasteiger partial charge in [0, 0.05) is 17.0 Å². The maximum atomic E-state index is 12.4. The van der Waals surface area contributed by atoms with Gasteiger partial charge in [-0.15, -0.1) is 0 Å². The van der Waals surface area contributed by atoms with Crippen molar-refractivity contribution in [3.63, 3.8) is 0 Å². The van der Waals surface area contributed by atoms with E-state index in [1.54, 1.807) is 18.2 Å². The van der Waals surface area contributed by atoms with Crippen molar-refractivity contribution in [3.8, 4) is 5.75 Å². The zero-order chi connectivity index (χ0) is 13.1. The number of anilines is 1. The Morgan fingerprint density at radius 2 is 2.28 bits per heavy atom. The predicted octanol–water partition coefficient (Wildman–Crippen LogP) is 2.40. The highest BCUT2D eigenvalue weighted by molar-refractivity contribution is 14.1. The molecule has 2 rings (SSSR count). The van der Waals surface area contributed by atoms with Crippen molar-refractivity contribution >= 4 is 34.2 Å². The van der Waals surface area contributed by atoms with Crippen LogP contribution in [0.1, 0.15) is 29.6 Å². The van der Waals surface area contributed by atoms with Gasteiger partial charge < -0.3 is 15.7 Å². The first-order valence-electron chi connectivity index (χ1n) is 6.09. The molecule has 0 bridgehead atoms. The first-order valence-corrected chi connectivity index (χ1v) is 7.62. The van der Waals surface area contributed by atoms with E-state index in [9.17, 15) is 9.90 Å². The Hall–Kier alpha value is -0.980. The Morgan fingerprint density at radius 3 is 3.00 bits per heavy atom. The monoisotopic (exact) mass is 360 g/mol. The molecule has 1 aliphatic heterocycles. The number of carbonyl (C=O) groups excluding carboxylic acids is 1. The highest BCUT2D eigenvalue weighted by Gasteiger charge is 2.28. The van der Waals surface area contributed by atoms with Gasteiger partial charge in [0.1, 0.15) is 0 Å². The Balaban J connectivity index is 2.27. The number of para-hydroxylation sites is 1. The molecule has 0 radical (unpaired) electrons. The average Bonchev–Trinajstić information content (AvgIpc) is 2.41. The van der Waals surface area contributed by atoms with Gasteiger partial charge in [-0.3, -0.25) is 4.79 Å². The quantitative estimate of drug-likeness (QED) is 0.368. The number of rotatable bonds is 2. The molecule has 4 nitrogen and oxygen atoms in total. The topological polar surface area (TPSA) is 66.6 Å². The number of piperidine rings is 1. The number of carbonyl (C=O) groups is 1. The summed E-state index contributed by atoms with van der Waals surface area (Å²) >= 11 is 2.31. The van der Waals surface area contributed by atoms with Crippen LogP contribution < -0.4 is 5.73 Å². The molecule has 1 heterocycles. The van der Waals surface area contributed by atoms with Crippen LogP contribution in [-0.4, -0.2) is 32.9 Å². The maximum absolute atomic E-state index is 12.4. The van der Waals surface area contributed by atoms with Crippen molar-refractivity contribution in [3.05, 3.63) is 23.8 Å². The van der Waals surface area contributed by atoms with Crippen molar-refractivity contribution in [2.75, 3.05) is 16.7 Å². The van der Waals surface area contributed by atoms with Crippen LogP contribution in [0.4, 0.5) is 5.69 Å². The van der Waals surface area contributed by atoms with Crippen molar-refractivity contribution in [2.45, 2.75) is 25.3 Å². The van der Waals surface area contributed by atoms with Crippen LogP contribution in [0.2, 0.25) is 0 Å². The number of nitrogens with zero attached hydrogens (tertiary/aromatic N) is 1. The lowest BCUT2D eigenvalue weighted by Gasteiger charge is -2.35. The molecule has 0 aromatic heterocycles. The molecular weight excluding hydrogens is 343 g/mol. The highest BCUT2D eigenvalue weighted by atomic mass is 127. The fraction of sp³-hybridized carbons (Fsp3) is 0.462. The van der Waals surface area contributed by atoms with E-state index >= 15 is 0 Å². The lowest BCUT2D eigenvalue weighted by atomic mass is 10.0. The minimum absolute atomic E-state index is 0.0970. The maximum Gasteiger partial charge on any atom is 0.257 e. The van der Waals surface area contributed by atoms with Crippen LogP contribution in [0.3, 0.4) is 0 Å². The second-order valence-corrected chi connectivity index (χ2v) is 5.43. The SMILES string of the molecule is Nc1cccc(C(=O)N2CCCCC2CI)c1O. The molecule has 1 saturated heterocycles. The second kappa shape index (κ2) is 5.77. The van der Waals surface area contributed by atoms with E-state index in [-0.39, 0.29) is 23.4 Å². The van der Waals surface area contributed by atoms with Gasteiger partial charge in [0.2, 0.25) is 0 Å². The van der Waals surface area contributed by atoms with E-state index in [4.69, 9.17) is 5.73 Å². The zero-order valence-electron chi connectivity index (χ0n) is 10.1. The number of aromatic hydroxyl groups is 1. The van der Waals surface area contributed by atoms with Crippen LogP contribution in [0, 0.1) is 0 Å². The molecule has 3 N–H and O–H groups in total. The van der Waals surface area contributed by atoms with Crippen LogP contribution in [0.15, 0.2) is 18.2 Å². The third kappa shape index (κ3) is 2.55. The molecule has 1 amide bonds. The smallest absolute Gasteiger partial charge is 0.257 e. The fourth-order valence-electron chi connectivity index (χ4n) is 2.32. The summed E-state index contributed by atoms with van der Waals surface area (Å²) in [5.41, 5.74) is 6.20. The highest BCUT2D eigenvalue weighted by Crippen LogP contribution is 2.28. The summed E-state index contributed by atoms with van der Waals surface area (Å²) in [7, 11) is 0. The first kappa shape index (κ1) is 13.5. The number of nitrogen functional groups attached to an aromatic ring is 1. The number of halogens is 1. The first-order chi connectivity index (χ1) is 8.65. The number of phenols is 1. The molecule has 18 heavy (non-hydrogen) atoms. The summed E-state index contributed by atoms with van der Waals surface area (Å²) < 4.78 is 0.923. The molecule has 0 spiro atoms. The number of phenolic OH excluding ortho intramolecular Hbond substituents is 1. The van der Waals surface area contributed by atoms with E-state index in [0.717, 1.165) is 23.8 Å². The van der Waals surface area contributed by atoms with Crippen LogP contribution in [0.25, 0.3) is 0 Å². The number of hydrogen-bond acceptors (Lipinski definition) is 3. The number of nitrogens with two attached hydrogens (primary N) is 1. The standard InChI is InChI=1S/C13H17IN2O2/c14-8-9-4-1-2-7-16(9)13(18)10-5-3-6-11(15)12(10)17/h3,5-6,9,17H,1-2,4,7-8,15H2. The Kier molecular flexibility index (Phi) is 4.31. The second-order valence-electron chi connectivity index (χ2n) is 4.55. The van der Waals surface area contributed by atoms with Gasteiger partial charge in [-0.1, -0.05) is 28.7 Å². The van der Waals surface area contributed by atoms with Gasteiger partial charge in [0.05, 0.1) is 11.3 Å². The lowest BCUT2D eigenvalue weighted by molar-refractivity contribution is 0.0641. The van der Waals surface area contributed by atoms with Crippen LogP contribution in [-0.2, 0) is 0 Å². The van der Waals surface area contributed by atoms with Gasteiger partial charge in [-0.2, -0.15) is 0 Å². The number of likely N-dealkylation sites (tertiary alicyclic amines) is 1. The summed E-state index contributed by atoms with van der Waals surface area (Å²) in [6, 6.07) is 5.20.